The van der Waals surface area contributed by atoms with Gasteiger partial charge >= 0.3 is 5.97 Å². The Morgan fingerprint density at radius 2 is 2.15 bits per heavy atom. The number of nitrogens with one attached hydrogen (secondary N) is 1. The molecule has 1 aromatic heterocycles. The van der Waals surface area contributed by atoms with Crippen LogP contribution in [-0.4, -0.2) is 51.6 Å². The van der Waals surface area contributed by atoms with Crippen LogP contribution in [0.4, 0.5) is 0 Å². The molecule has 2 aromatic rings. The van der Waals surface area contributed by atoms with E-state index in [1.54, 1.807) is 0 Å². The maximum Gasteiger partial charge on any atom is 0.335 e. The van der Waals surface area contributed by atoms with Crippen molar-refractivity contribution >= 4 is 22.6 Å². The van der Waals surface area contributed by atoms with E-state index in [1.165, 1.54) is 22.4 Å². The highest BCUT2D eigenvalue weighted by atomic mass is 35.5. The van der Waals surface area contributed by atoms with Crippen LogP contribution in [0.15, 0.2) is 24.3 Å². The molecule has 0 unspecified atom stereocenters. The minimum absolute atomic E-state index is 0. The molecule has 1 fully saturated rings. The van der Waals surface area contributed by atoms with Crippen molar-refractivity contribution in [2.45, 2.75) is 44.8 Å². The van der Waals surface area contributed by atoms with Crippen LogP contribution in [-0.2, 0) is 16.0 Å². The summed E-state index contributed by atoms with van der Waals surface area (Å²) in [4.78, 5) is 15.6. The van der Waals surface area contributed by atoms with Crippen molar-refractivity contribution in [1.82, 2.24) is 4.98 Å². The van der Waals surface area contributed by atoms with Crippen LogP contribution in [0, 0.1) is 5.41 Å². The number of aliphatic hydroxyl groups is 1. The monoisotopic (exact) mass is 374 g/mol. The van der Waals surface area contributed by atoms with Gasteiger partial charge in [-0.2, -0.15) is 0 Å². The molecule has 3 aliphatic rings. The molecule has 0 saturated carbocycles. The standard InChI is InChI=1S/C20H22N2O3.ClH/c1-2-20-11-15(23)19(24)25-16(20)8-10-22-9-7-13-12-5-3-4-6-14(12)21-17(13)18(20)22;/h3-6,15-16,23H,2,7-11H2,1H3;1H/t15-,16-,20+;/m0./s1. The van der Waals surface area contributed by atoms with Crippen molar-refractivity contribution in [3.05, 3.63) is 35.5 Å². The highest BCUT2D eigenvalue weighted by Crippen LogP contribution is 2.46. The molecule has 0 aliphatic carbocycles. The lowest BCUT2D eigenvalue weighted by molar-refractivity contribution is -0.542. The Balaban J connectivity index is 0.00000168. The van der Waals surface area contributed by atoms with Crippen LogP contribution in [0.25, 0.3) is 10.9 Å². The summed E-state index contributed by atoms with van der Waals surface area (Å²) in [7, 11) is 0. The number of benzene rings is 1. The maximum atomic E-state index is 12.0. The van der Waals surface area contributed by atoms with Crippen molar-refractivity contribution in [3.8, 4) is 0 Å². The Morgan fingerprint density at radius 1 is 1.35 bits per heavy atom. The first-order chi connectivity index (χ1) is 12.1. The molecule has 0 amide bonds. The molecule has 0 spiro atoms. The van der Waals surface area contributed by atoms with Gasteiger partial charge in [0.15, 0.2) is 6.10 Å². The number of aromatic amines is 1. The van der Waals surface area contributed by atoms with E-state index in [9.17, 15) is 9.90 Å². The molecule has 6 heteroatoms. The molecule has 5 nitrogen and oxygen atoms in total. The Bertz CT molecular complexity index is 919. The van der Waals surface area contributed by atoms with Gasteiger partial charge < -0.3 is 27.2 Å². The second-order valence-electron chi connectivity index (χ2n) is 7.55. The fraction of sp³-hybridized carbons (Fsp3) is 0.500. The maximum absolute atomic E-state index is 12.0. The van der Waals surface area contributed by atoms with Crippen molar-refractivity contribution in [2.24, 2.45) is 5.41 Å². The van der Waals surface area contributed by atoms with Gasteiger partial charge in [0.2, 0.25) is 5.71 Å². The van der Waals surface area contributed by atoms with Gasteiger partial charge in [0, 0.05) is 30.2 Å². The number of fused-ring (bicyclic) bond motifs is 6. The van der Waals surface area contributed by atoms with Crippen LogP contribution in [0.5, 0.6) is 0 Å². The smallest absolute Gasteiger partial charge is 0.335 e. The number of H-pyrrole nitrogens is 1. The van der Waals surface area contributed by atoms with E-state index in [0.717, 1.165) is 37.9 Å². The molecule has 1 saturated heterocycles. The first-order valence-corrected chi connectivity index (χ1v) is 9.25. The van der Waals surface area contributed by atoms with Crippen molar-refractivity contribution < 1.29 is 31.6 Å². The summed E-state index contributed by atoms with van der Waals surface area (Å²) in [6, 6.07) is 8.43. The summed E-state index contributed by atoms with van der Waals surface area (Å²) < 4.78 is 8.13. The normalized spacial score (nSPS) is 30.2. The summed E-state index contributed by atoms with van der Waals surface area (Å²) in [5.41, 5.74) is 4.64. The molecular weight excluding hydrogens is 352 g/mol. The molecule has 3 aliphatic heterocycles. The summed E-state index contributed by atoms with van der Waals surface area (Å²) in [6.45, 7) is 4.04. The van der Waals surface area contributed by atoms with Gasteiger partial charge in [0.05, 0.1) is 5.41 Å². The van der Waals surface area contributed by atoms with Gasteiger partial charge in [-0.1, -0.05) is 25.1 Å². The Labute approximate surface area is 158 Å². The predicted molar refractivity (Wildman–Crippen MR) is 94.0 cm³/mol. The number of carbonyl (C=O) groups excluding carboxylic acids is 1. The third-order valence-corrected chi connectivity index (χ3v) is 6.47. The molecule has 0 radical (unpaired) electrons. The molecule has 5 rings (SSSR count). The number of halogens is 1. The third-order valence-electron chi connectivity index (χ3n) is 6.47. The zero-order valence-corrected chi connectivity index (χ0v) is 15.6. The second kappa shape index (κ2) is 6.10. The van der Waals surface area contributed by atoms with E-state index in [0.29, 0.717) is 6.42 Å². The molecular formula is C20H23ClN2O3. The Morgan fingerprint density at radius 3 is 2.96 bits per heavy atom. The van der Waals surface area contributed by atoms with Gasteiger partial charge in [0.25, 0.3) is 0 Å². The van der Waals surface area contributed by atoms with Gasteiger partial charge in [0.1, 0.15) is 24.9 Å². The van der Waals surface area contributed by atoms with Crippen LogP contribution in [0.3, 0.4) is 0 Å². The highest BCUT2D eigenvalue weighted by Gasteiger charge is 2.58. The lowest BCUT2D eigenvalue weighted by Crippen LogP contribution is -3.00. The van der Waals surface area contributed by atoms with Crippen molar-refractivity contribution in [2.75, 3.05) is 13.1 Å². The molecule has 0 bridgehead atoms. The van der Waals surface area contributed by atoms with Gasteiger partial charge in [-0.25, -0.2) is 9.37 Å². The van der Waals surface area contributed by atoms with Gasteiger partial charge in [-0.05, 0) is 18.1 Å². The van der Waals surface area contributed by atoms with Crippen molar-refractivity contribution in [3.63, 3.8) is 0 Å². The fourth-order valence-electron chi connectivity index (χ4n) is 5.25. The summed E-state index contributed by atoms with van der Waals surface area (Å²) in [5, 5.41) is 11.6. The van der Waals surface area contributed by atoms with E-state index in [4.69, 9.17) is 4.74 Å². The number of carbonyl (C=O) groups is 1. The lowest BCUT2D eigenvalue weighted by atomic mass is 9.65. The number of para-hydroxylation sites is 1. The molecule has 4 heterocycles. The Hall–Kier alpha value is -1.85. The third kappa shape index (κ3) is 2.20. The van der Waals surface area contributed by atoms with E-state index in [2.05, 4.69) is 40.7 Å². The molecule has 1 aromatic carbocycles. The molecule has 2 N–H and O–H groups in total. The number of esters is 1. The second-order valence-corrected chi connectivity index (χ2v) is 7.55. The Kier molecular flexibility index (Phi) is 4.12. The fourth-order valence-corrected chi connectivity index (χ4v) is 5.25. The quantitative estimate of drug-likeness (QED) is 0.497. The van der Waals surface area contributed by atoms with Crippen molar-refractivity contribution in [1.29, 1.82) is 0 Å². The van der Waals surface area contributed by atoms with Crippen LogP contribution < -0.4 is 12.4 Å². The zero-order chi connectivity index (χ0) is 17.2. The summed E-state index contributed by atoms with van der Waals surface area (Å²) >= 11 is 0. The van der Waals surface area contributed by atoms with Crippen LogP contribution in [0.2, 0.25) is 0 Å². The van der Waals surface area contributed by atoms with Gasteiger partial charge in [-0.15, -0.1) is 0 Å². The molecule has 3 atom stereocenters. The molecule has 26 heavy (non-hydrogen) atoms. The minimum atomic E-state index is -1.03. The lowest BCUT2D eigenvalue weighted by Gasteiger charge is -2.46. The number of aliphatic hydroxyl groups excluding tert-OH is 1. The van der Waals surface area contributed by atoms with Gasteiger partial charge in [-0.3, -0.25) is 0 Å². The minimum Gasteiger partial charge on any atom is -1.00 e. The largest absolute Gasteiger partial charge is 1.00 e. The zero-order valence-electron chi connectivity index (χ0n) is 14.8. The number of hydrogen-bond acceptors (Lipinski definition) is 3. The average molecular weight is 375 g/mol. The van der Waals surface area contributed by atoms with E-state index < -0.39 is 12.1 Å². The number of aromatic nitrogens is 1. The van der Waals surface area contributed by atoms with Crippen LogP contribution in [0.1, 0.15) is 37.4 Å². The predicted octanol–water partition coefficient (Wildman–Crippen LogP) is -0.994. The highest BCUT2D eigenvalue weighted by molar-refractivity contribution is 6.07. The number of ether oxygens (including phenoxy) is 1. The van der Waals surface area contributed by atoms with E-state index in [-0.39, 0.29) is 23.9 Å². The SMILES string of the molecule is CC[C@@]12C[C@H](O)C(=O)O[C@H]1CC[N+]1=C2c2[nH]c3ccccc3c2CC1.[Cl-]. The first-order valence-electron chi connectivity index (χ1n) is 9.25. The average Bonchev–Trinajstić information content (AvgIpc) is 3.01. The van der Waals surface area contributed by atoms with E-state index >= 15 is 0 Å². The summed E-state index contributed by atoms with van der Waals surface area (Å²) in [6.07, 6.45) is 1.99. The first kappa shape index (κ1) is 17.6. The molecule has 138 valence electrons. The topological polar surface area (TPSA) is 65.3 Å². The summed E-state index contributed by atoms with van der Waals surface area (Å²) in [5.74, 6) is -0.462. The van der Waals surface area contributed by atoms with E-state index in [1.807, 2.05) is 0 Å². The number of hydrogen-bond donors (Lipinski definition) is 2. The number of rotatable bonds is 1. The van der Waals surface area contributed by atoms with Crippen LogP contribution >= 0.6 is 0 Å². The number of nitrogens with zero attached hydrogens (tertiary/aromatic N) is 1.